The van der Waals surface area contributed by atoms with Gasteiger partial charge >= 0.3 is 6.18 Å². The third-order valence-electron chi connectivity index (χ3n) is 4.58. The molecule has 0 saturated heterocycles. The molecule has 0 radical (unpaired) electrons. The maximum Gasteiger partial charge on any atom is 0.417 e. The molecule has 7 nitrogen and oxygen atoms in total. The zero-order valence-corrected chi connectivity index (χ0v) is 16.0. The summed E-state index contributed by atoms with van der Waals surface area (Å²) in [6.07, 6.45) is -4.66. The van der Waals surface area contributed by atoms with Crippen molar-refractivity contribution in [1.29, 1.82) is 5.41 Å². The molecule has 3 rings (SSSR count). The number of halogens is 3. The van der Waals surface area contributed by atoms with Crippen LogP contribution in [0, 0.1) is 5.41 Å². The summed E-state index contributed by atoms with van der Waals surface area (Å²) in [5.41, 5.74) is 11.5. The zero-order chi connectivity index (χ0) is 22.1. The summed E-state index contributed by atoms with van der Waals surface area (Å²) in [6, 6.07) is 10.6. The summed E-state index contributed by atoms with van der Waals surface area (Å²) < 4.78 is 46.4. The first kappa shape index (κ1) is 21.2. The average Bonchev–Trinajstić information content (AvgIpc) is 3.14. The highest BCUT2D eigenvalue weighted by Gasteiger charge is 2.34. The van der Waals surface area contributed by atoms with Crippen molar-refractivity contribution < 1.29 is 22.7 Å². The third kappa shape index (κ3) is 4.38. The number of aromatic nitrogens is 1. The van der Waals surface area contributed by atoms with Crippen LogP contribution in [0.2, 0.25) is 0 Å². The number of fused-ring (bicyclic) bond motifs is 1. The predicted octanol–water partition coefficient (Wildman–Crippen LogP) is 3.19. The second-order valence-corrected chi connectivity index (χ2v) is 6.67. The lowest BCUT2D eigenvalue weighted by atomic mass is 10.1. The van der Waals surface area contributed by atoms with E-state index in [4.69, 9.17) is 21.6 Å². The number of benzene rings is 2. The molecule has 10 heteroatoms. The molecule has 0 saturated carbocycles. The van der Waals surface area contributed by atoms with Gasteiger partial charge in [0.1, 0.15) is 18.1 Å². The first-order chi connectivity index (χ1) is 14.1. The highest BCUT2D eigenvalue weighted by Crippen LogP contribution is 2.38. The molecule has 6 N–H and O–H groups in total. The van der Waals surface area contributed by atoms with Gasteiger partial charge in [0.25, 0.3) is 5.91 Å². The number of carbonyl (C=O) groups excluding carboxylic acids is 1. The molecule has 0 fully saturated rings. The number of ether oxygens (including phenoxy) is 1. The van der Waals surface area contributed by atoms with Crippen LogP contribution in [0.15, 0.2) is 42.5 Å². The van der Waals surface area contributed by atoms with Crippen LogP contribution < -0.4 is 16.2 Å². The smallest absolute Gasteiger partial charge is 0.417 e. The van der Waals surface area contributed by atoms with E-state index in [9.17, 15) is 18.0 Å². The summed E-state index contributed by atoms with van der Waals surface area (Å²) in [6.45, 7) is 0.451. The Kier molecular flexibility index (Phi) is 5.70. The van der Waals surface area contributed by atoms with Crippen LogP contribution in [0.4, 0.5) is 13.2 Å². The summed E-state index contributed by atoms with van der Waals surface area (Å²) in [7, 11) is 1.26. The van der Waals surface area contributed by atoms with Gasteiger partial charge in [-0.25, -0.2) is 0 Å². The van der Waals surface area contributed by atoms with Gasteiger partial charge in [-0.15, -0.1) is 0 Å². The standard InChI is InChI=1S/C20H20F3N5O2/c1-28(19(25)26)18(29)17-8-14-15(20(21,22)23)6-13(7-16(14)27-17)30-10-12-4-2-11(9-24)3-5-12/h2-8,27H,9-10,24H2,1H3,(H3,25,26). The number of nitrogens with one attached hydrogen (secondary N) is 2. The molecule has 0 aliphatic carbocycles. The molecule has 30 heavy (non-hydrogen) atoms. The van der Waals surface area contributed by atoms with Crippen LogP contribution >= 0.6 is 0 Å². The fourth-order valence-corrected chi connectivity index (χ4v) is 2.87. The van der Waals surface area contributed by atoms with E-state index in [1.807, 2.05) is 12.1 Å². The first-order valence-corrected chi connectivity index (χ1v) is 8.87. The molecule has 158 valence electrons. The number of H-pyrrole nitrogens is 1. The number of rotatable bonds is 5. The van der Waals surface area contributed by atoms with Gasteiger partial charge in [0.05, 0.1) is 11.1 Å². The molecular weight excluding hydrogens is 399 g/mol. The molecule has 0 unspecified atom stereocenters. The van der Waals surface area contributed by atoms with Gasteiger partial charge in [-0.1, -0.05) is 24.3 Å². The highest BCUT2D eigenvalue weighted by molar-refractivity contribution is 6.06. The van der Waals surface area contributed by atoms with E-state index < -0.39 is 23.6 Å². The fraction of sp³-hybridized carbons (Fsp3) is 0.200. The number of nitrogens with zero attached hydrogens (tertiary/aromatic N) is 1. The van der Waals surface area contributed by atoms with Gasteiger partial charge in [-0.3, -0.25) is 15.1 Å². The largest absolute Gasteiger partial charge is 0.489 e. The Bertz CT molecular complexity index is 1090. The Labute approximate surface area is 169 Å². The molecule has 3 aromatic rings. The molecule has 0 spiro atoms. The Balaban J connectivity index is 1.95. The summed E-state index contributed by atoms with van der Waals surface area (Å²) in [4.78, 5) is 15.8. The Hall–Kier alpha value is -3.53. The second kappa shape index (κ2) is 8.07. The third-order valence-corrected chi connectivity index (χ3v) is 4.58. The lowest BCUT2D eigenvalue weighted by molar-refractivity contribution is -0.136. The Morgan fingerprint density at radius 1 is 1.17 bits per heavy atom. The molecule has 2 aromatic carbocycles. The molecular formula is C20H20F3N5O2. The van der Waals surface area contributed by atoms with Gasteiger partial charge in [0, 0.05) is 25.0 Å². The minimum absolute atomic E-state index is 0.00139. The van der Waals surface area contributed by atoms with Gasteiger partial charge < -0.3 is 21.2 Å². The molecule has 1 amide bonds. The molecule has 0 atom stereocenters. The van der Waals surface area contributed by atoms with Gasteiger partial charge in [-0.05, 0) is 23.3 Å². The maximum atomic E-state index is 13.6. The van der Waals surface area contributed by atoms with Crippen LogP contribution in [-0.2, 0) is 19.3 Å². The lowest BCUT2D eigenvalue weighted by Crippen LogP contribution is -2.38. The van der Waals surface area contributed by atoms with E-state index >= 15 is 0 Å². The van der Waals surface area contributed by atoms with Gasteiger partial charge in [-0.2, -0.15) is 13.2 Å². The van der Waals surface area contributed by atoms with E-state index in [2.05, 4.69) is 4.98 Å². The molecule has 0 bridgehead atoms. The van der Waals surface area contributed by atoms with Crippen molar-refractivity contribution in [2.45, 2.75) is 19.3 Å². The Morgan fingerprint density at radius 2 is 1.80 bits per heavy atom. The summed E-state index contributed by atoms with van der Waals surface area (Å²) in [5.74, 6) is -1.26. The van der Waals surface area contributed by atoms with E-state index in [1.54, 1.807) is 12.1 Å². The van der Waals surface area contributed by atoms with E-state index in [-0.39, 0.29) is 29.0 Å². The van der Waals surface area contributed by atoms with Crippen LogP contribution in [0.3, 0.4) is 0 Å². The highest BCUT2D eigenvalue weighted by atomic mass is 19.4. The lowest BCUT2D eigenvalue weighted by Gasteiger charge is -2.12. The molecule has 1 aromatic heterocycles. The van der Waals surface area contributed by atoms with E-state index in [0.29, 0.717) is 6.54 Å². The number of guanidine groups is 1. The van der Waals surface area contributed by atoms with Crippen LogP contribution in [0.25, 0.3) is 10.9 Å². The van der Waals surface area contributed by atoms with Gasteiger partial charge in [0.2, 0.25) is 0 Å². The molecule has 1 heterocycles. The topological polar surface area (TPSA) is 121 Å². The number of nitrogens with two attached hydrogens (primary N) is 2. The van der Waals surface area contributed by atoms with Crippen molar-refractivity contribution in [3.63, 3.8) is 0 Å². The van der Waals surface area contributed by atoms with Crippen molar-refractivity contribution in [3.05, 3.63) is 64.8 Å². The van der Waals surface area contributed by atoms with Crippen molar-refractivity contribution in [2.75, 3.05) is 7.05 Å². The number of carbonyl (C=O) groups is 1. The van der Waals surface area contributed by atoms with E-state index in [0.717, 1.165) is 28.2 Å². The van der Waals surface area contributed by atoms with Crippen LogP contribution in [-0.4, -0.2) is 28.8 Å². The maximum absolute atomic E-state index is 13.6. The normalized spacial score (nSPS) is 11.5. The summed E-state index contributed by atoms with van der Waals surface area (Å²) in [5, 5.41) is 7.14. The molecule has 0 aliphatic rings. The quantitative estimate of drug-likeness (QED) is 0.375. The SMILES string of the molecule is CN(C(=N)N)C(=O)c1cc2c(C(F)(F)F)cc(OCc3ccc(CN)cc3)cc2[nH]1. The minimum atomic E-state index is -4.66. The number of hydrogen-bond donors (Lipinski definition) is 4. The first-order valence-electron chi connectivity index (χ1n) is 8.87. The van der Waals surface area contributed by atoms with Crippen molar-refractivity contribution >= 4 is 22.8 Å². The van der Waals surface area contributed by atoms with Crippen molar-refractivity contribution in [3.8, 4) is 5.75 Å². The van der Waals surface area contributed by atoms with Crippen molar-refractivity contribution in [2.24, 2.45) is 11.5 Å². The Morgan fingerprint density at radius 3 is 2.37 bits per heavy atom. The average molecular weight is 419 g/mol. The van der Waals surface area contributed by atoms with Crippen molar-refractivity contribution in [1.82, 2.24) is 9.88 Å². The number of amides is 1. The number of alkyl halides is 3. The zero-order valence-electron chi connectivity index (χ0n) is 16.0. The monoisotopic (exact) mass is 419 g/mol. The number of aromatic amines is 1. The van der Waals surface area contributed by atoms with Crippen LogP contribution in [0.5, 0.6) is 5.75 Å². The molecule has 0 aliphatic heterocycles. The van der Waals surface area contributed by atoms with E-state index in [1.165, 1.54) is 13.1 Å². The van der Waals surface area contributed by atoms with Crippen LogP contribution in [0.1, 0.15) is 27.2 Å². The number of hydrogen-bond acceptors (Lipinski definition) is 4. The predicted molar refractivity (Wildman–Crippen MR) is 106 cm³/mol. The summed E-state index contributed by atoms with van der Waals surface area (Å²) >= 11 is 0. The fourth-order valence-electron chi connectivity index (χ4n) is 2.87. The second-order valence-electron chi connectivity index (χ2n) is 6.67. The van der Waals surface area contributed by atoms with Gasteiger partial charge in [0.15, 0.2) is 5.96 Å². The minimum Gasteiger partial charge on any atom is -0.489 e.